The summed E-state index contributed by atoms with van der Waals surface area (Å²) in [4.78, 5) is 130. The maximum atomic E-state index is 13.6. The molecule has 0 aromatic rings. The fraction of sp³-hybridized carbons (Fsp3) is 0.697. The second-order valence-corrected chi connectivity index (χ2v) is 13.8. The molecule has 11 atom stereocenters. The zero-order valence-electron chi connectivity index (χ0n) is 32.5. The number of nitrogens with one attached hydrogen (secondary N) is 8. The molecule has 0 aliphatic carbocycles. The summed E-state index contributed by atoms with van der Waals surface area (Å²) in [7, 11) is 0. The van der Waals surface area contributed by atoms with Crippen LogP contribution in [0.15, 0.2) is 0 Å². The third-order valence-corrected chi connectivity index (χ3v) is 8.82. The van der Waals surface area contributed by atoms with Gasteiger partial charge in [0.1, 0.15) is 36.4 Å². The van der Waals surface area contributed by atoms with Crippen molar-refractivity contribution in [2.24, 2.45) is 17.6 Å². The smallest absolute Gasteiger partial charge is 0.336 e. The Morgan fingerprint density at radius 2 is 1.38 bits per heavy atom. The van der Waals surface area contributed by atoms with Gasteiger partial charge in [0.05, 0.1) is 25.3 Å². The normalized spacial score (nSPS) is 27.1. The van der Waals surface area contributed by atoms with E-state index in [1.165, 1.54) is 20.8 Å². The Kier molecular flexibility index (Phi) is 20.8. The Morgan fingerprint density at radius 1 is 0.793 bits per heavy atom. The van der Waals surface area contributed by atoms with Crippen LogP contribution in [0, 0.1) is 11.8 Å². The van der Waals surface area contributed by atoms with Crippen LogP contribution >= 0.6 is 0 Å². The fourth-order valence-electron chi connectivity index (χ4n) is 5.21. The largest absolute Gasteiger partial charge is 0.479 e. The van der Waals surface area contributed by atoms with Gasteiger partial charge in [-0.25, -0.2) is 4.79 Å². The van der Waals surface area contributed by atoms with Crippen molar-refractivity contribution < 1.29 is 78.6 Å². The number of primary amides is 1. The summed E-state index contributed by atoms with van der Waals surface area (Å²) in [5.74, 6) is -15.9. The molecule has 0 bridgehead atoms. The van der Waals surface area contributed by atoms with Crippen LogP contribution in [0.25, 0.3) is 0 Å². The van der Waals surface area contributed by atoms with Crippen molar-refractivity contribution in [1.29, 1.82) is 0 Å². The first kappa shape index (κ1) is 50.7. The van der Waals surface area contributed by atoms with Crippen LogP contribution in [0.2, 0.25) is 0 Å². The lowest BCUT2D eigenvalue weighted by atomic mass is 9.87. The van der Waals surface area contributed by atoms with Crippen molar-refractivity contribution in [3.63, 3.8) is 0 Å². The van der Waals surface area contributed by atoms with Gasteiger partial charge in [-0.3, -0.25) is 43.2 Å². The fourth-order valence-corrected chi connectivity index (χ4v) is 5.21. The van der Waals surface area contributed by atoms with Crippen molar-refractivity contribution in [3.05, 3.63) is 0 Å². The Balaban J connectivity index is 3.78. The third kappa shape index (κ3) is 15.2. The second kappa shape index (κ2) is 23.8. The molecule has 11 unspecified atom stereocenters. The van der Waals surface area contributed by atoms with E-state index in [0.29, 0.717) is 13.0 Å². The number of nitrogens with two attached hydrogens (primary N) is 1. The number of hydrogen-bond donors (Lipinski definition) is 15. The first-order chi connectivity index (χ1) is 27.0. The molecule has 16 N–H and O–H groups in total. The SMILES string of the molecule is CCCNC(C)C(=O)NCC1NC(=O)C(C(=O)O)NC(=O)C(O)CNC(=O)C(C(C)O)NC(=O)C(C(O)C(O)C(N)=O)NC(=O)C(C(C)C)CC(=O)C(CO)NC1=O. The predicted molar refractivity (Wildman–Crippen MR) is 195 cm³/mol. The number of rotatable bonds is 13. The minimum Gasteiger partial charge on any atom is -0.479 e. The van der Waals surface area contributed by atoms with E-state index in [2.05, 4.69) is 21.3 Å². The number of amides is 8. The number of Topliss-reactive ketones (excluding diaryl/α,β-unsaturated/α-hetero) is 1. The van der Waals surface area contributed by atoms with Gasteiger partial charge in [0.2, 0.25) is 41.5 Å². The van der Waals surface area contributed by atoms with Crippen LogP contribution in [-0.4, -0.2) is 177 Å². The highest BCUT2D eigenvalue weighted by Gasteiger charge is 2.41. The predicted octanol–water partition coefficient (Wildman–Crippen LogP) is -8.70. The average molecular weight is 834 g/mol. The van der Waals surface area contributed by atoms with E-state index in [9.17, 15) is 78.6 Å². The minimum absolute atomic E-state index is 0.422. The number of carboxylic acids is 1. The molecule has 1 fully saturated rings. The number of carbonyl (C=O) groups excluding carboxylic acids is 9. The minimum atomic E-state index is -2.52. The number of carboxylic acid groups (broad SMARTS) is 1. The molecule has 1 saturated heterocycles. The molecule has 0 aromatic heterocycles. The van der Waals surface area contributed by atoms with Crippen molar-refractivity contribution >= 4 is 59.0 Å². The Bertz CT molecular complexity index is 1530. The van der Waals surface area contributed by atoms with Gasteiger partial charge in [0.25, 0.3) is 11.8 Å². The van der Waals surface area contributed by atoms with Crippen LogP contribution in [0.5, 0.6) is 0 Å². The van der Waals surface area contributed by atoms with Gasteiger partial charge in [0, 0.05) is 18.9 Å². The zero-order valence-corrected chi connectivity index (χ0v) is 32.5. The molecule has 1 heterocycles. The van der Waals surface area contributed by atoms with Crippen molar-refractivity contribution in [1.82, 2.24) is 42.5 Å². The Morgan fingerprint density at radius 3 is 1.90 bits per heavy atom. The van der Waals surface area contributed by atoms with E-state index in [4.69, 9.17) is 5.73 Å². The molecular formula is C33H55N9O16. The summed E-state index contributed by atoms with van der Waals surface area (Å²) in [6, 6.07) is -11.4. The highest BCUT2D eigenvalue weighted by Crippen LogP contribution is 2.18. The molecule has 25 heteroatoms. The maximum absolute atomic E-state index is 13.6. The Labute approximate surface area is 332 Å². The van der Waals surface area contributed by atoms with E-state index in [1.807, 2.05) is 22.9 Å². The van der Waals surface area contributed by atoms with Crippen LogP contribution in [0.3, 0.4) is 0 Å². The molecule has 8 amide bonds. The van der Waals surface area contributed by atoms with Gasteiger partial charge in [0.15, 0.2) is 11.9 Å². The molecule has 328 valence electrons. The number of carbonyl (C=O) groups is 10. The van der Waals surface area contributed by atoms with E-state index >= 15 is 0 Å². The summed E-state index contributed by atoms with van der Waals surface area (Å²) in [6.07, 6.45) is -9.23. The molecule has 1 aliphatic rings. The van der Waals surface area contributed by atoms with E-state index < -0.39 is 158 Å². The lowest BCUT2D eigenvalue weighted by Crippen LogP contribution is -2.64. The van der Waals surface area contributed by atoms with Crippen molar-refractivity contribution in [2.75, 3.05) is 26.2 Å². The van der Waals surface area contributed by atoms with Crippen molar-refractivity contribution in [3.8, 4) is 0 Å². The molecule has 0 saturated carbocycles. The summed E-state index contributed by atoms with van der Waals surface area (Å²) < 4.78 is 0. The number of hydrogen-bond acceptors (Lipinski definition) is 16. The van der Waals surface area contributed by atoms with Gasteiger partial charge < -0.3 is 78.9 Å². The first-order valence-electron chi connectivity index (χ1n) is 18.2. The second-order valence-electron chi connectivity index (χ2n) is 13.8. The highest BCUT2D eigenvalue weighted by atomic mass is 16.4. The summed E-state index contributed by atoms with van der Waals surface area (Å²) >= 11 is 0. The molecule has 0 spiro atoms. The van der Waals surface area contributed by atoms with Crippen LogP contribution in [-0.2, 0) is 47.9 Å². The standard InChI is InChI=1S/C33H55N9O16/c1-6-7-35-13(4)26(50)36-9-16-28(52)39-17(11-43)18(45)8-15(12(2)3)27(51)41-21(23(47)24(48)25(34)49)31(55)40-20(14(5)44)30(54)37-10-19(46)29(53)42-22(33(57)58)32(56)38-16/h12-17,19-24,35,43-44,46-48H,6-11H2,1-5H3,(H2,34,49)(H,36,50)(H,37,54)(H,38,56)(H,39,52)(H,40,55)(H,41,51)(H,42,53)(H,57,58). The molecule has 25 nitrogen and oxygen atoms in total. The van der Waals surface area contributed by atoms with Gasteiger partial charge in [-0.1, -0.05) is 20.8 Å². The van der Waals surface area contributed by atoms with Gasteiger partial charge in [-0.05, 0) is 32.7 Å². The van der Waals surface area contributed by atoms with Crippen molar-refractivity contribution in [2.45, 2.75) is 108 Å². The lowest BCUT2D eigenvalue weighted by Gasteiger charge is -2.31. The number of ketones is 1. The van der Waals surface area contributed by atoms with Crippen LogP contribution in [0.4, 0.5) is 0 Å². The average Bonchev–Trinajstić information content (AvgIpc) is 3.16. The van der Waals surface area contributed by atoms with Gasteiger partial charge in [-0.15, -0.1) is 0 Å². The van der Waals surface area contributed by atoms with E-state index in [1.54, 1.807) is 5.32 Å². The molecule has 1 aliphatic heterocycles. The van der Waals surface area contributed by atoms with Gasteiger partial charge in [-0.2, -0.15) is 0 Å². The van der Waals surface area contributed by atoms with Crippen LogP contribution < -0.4 is 48.3 Å². The number of aliphatic hydroxyl groups excluding tert-OH is 5. The maximum Gasteiger partial charge on any atom is 0.336 e. The topological polar surface area (TPSA) is 414 Å². The summed E-state index contributed by atoms with van der Waals surface area (Å²) in [5.41, 5.74) is 5.07. The molecule has 0 radical (unpaired) electrons. The number of aliphatic carboxylic acids is 1. The van der Waals surface area contributed by atoms with E-state index in [-0.39, 0.29) is 0 Å². The highest BCUT2D eigenvalue weighted by molar-refractivity contribution is 6.06. The van der Waals surface area contributed by atoms with Crippen LogP contribution in [0.1, 0.15) is 47.5 Å². The summed E-state index contributed by atoms with van der Waals surface area (Å²) in [6.45, 7) is 4.75. The molecular weight excluding hydrogens is 778 g/mol. The third-order valence-electron chi connectivity index (χ3n) is 8.82. The zero-order chi connectivity index (χ0) is 44.6. The quantitative estimate of drug-likeness (QED) is 0.0766. The Hall–Kier alpha value is -5.34. The van der Waals surface area contributed by atoms with E-state index in [0.717, 1.165) is 6.92 Å². The monoisotopic (exact) mass is 833 g/mol. The molecule has 58 heavy (non-hydrogen) atoms. The van der Waals surface area contributed by atoms with Gasteiger partial charge >= 0.3 is 5.97 Å². The molecule has 0 aromatic carbocycles. The first-order valence-corrected chi connectivity index (χ1v) is 18.2. The lowest BCUT2D eigenvalue weighted by molar-refractivity contribution is -0.148. The number of aliphatic hydroxyl groups is 5. The molecule has 1 rings (SSSR count). The summed E-state index contributed by atoms with van der Waals surface area (Å²) in [5, 5.41) is 78.7. The number of β-amino-alcohol motifs (C(OH)–C–C–N with tert-alkyl or cyclic N) is 1.